The molecule has 0 fully saturated rings. The lowest BCUT2D eigenvalue weighted by Gasteiger charge is -2.21. The molecule has 0 spiro atoms. The van der Waals surface area contributed by atoms with Gasteiger partial charge in [0.15, 0.2) is 12.6 Å². The average molecular weight is 409 g/mol. The molecule has 29 heavy (non-hydrogen) atoms. The molecule has 0 aromatic heterocycles. The lowest BCUT2D eigenvalue weighted by molar-refractivity contribution is -0.0180. The first-order valence-electron chi connectivity index (χ1n) is 9.00. The molecule has 4 rings (SSSR count). The molecule has 6 heteroatoms. The summed E-state index contributed by atoms with van der Waals surface area (Å²) in [5, 5.41) is 0.521. The summed E-state index contributed by atoms with van der Waals surface area (Å²) < 4.78 is 16.2. The van der Waals surface area contributed by atoms with E-state index in [0.29, 0.717) is 39.6 Å². The van der Waals surface area contributed by atoms with Crippen molar-refractivity contribution >= 4 is 23.4 Å². The first-order valence-corrected chi connectivity index (χ1v) is 9.38. The molecule has 0 N–H and O–H groups in total. The maximum Gasteiger partial charge on any atom is 0.338 e. The van der Waals surface area contributed by atoms with Gasteiger partial charge in [0.2, 0.25) is 0 Å². The van der Waals surface area contributed by atoms with Crippen LogP contribution in [0.5, 0.6) is 5.75 Å². The number of benzene rings is 3. The van der Waals surface area contributed by atoms with E-state index in [-0.39, 0.29) is 19.2 Å². The molecule has 0 atom stereocenters. The molecule has 5 nitrogen and oxygen atoms in total. The predicted octanol–water partition coefficient (Wildman–Crippen LogP) is 4.79. The SMILES string of the molecule is O=C(OCc1cc(Cl)cc2c1OCOC2)c1ccc(C(=O)c2ccccc2)cc1. The Morgan fingerprint density at radius 3 is 2.38 bits per heavy atom. The Morgan fingerprint density at radius 1 is 0.931 bits per heavy atom. The van der Waals surface area contributed by atoms with Crippen molar-refractivity contribution in [1.82, 2.24) is 0 Å². The van der Waals surface area contributed by atoms with Crippen LogP contribution in [0.1, 0.15) is 37.4 Å². The predicted molar refractivity (Wildman–Crippen MR) is 107 cm³/mol. The van der Waals surface area contributed by atoms with E-state index in [4.69, 9.17) is 25.8 Å². The lowest BCUT2D eigenvalue weighted by atomic mass is 10.0. The first-order chi connectivity index (χ1) is 14.1. The molecule has 0 saturated carbocycles. The number of esters is 1. The van der Waals surface area contributed by atoms with Gasteiger partial charge in [-0.15, -0.1) is 0 Å². The number of carbonyl (C=O) groups is 2. The highest BCUT2D eigenvalue weighted by molar-refractivity contribution is 6.30. The van der Waals surface area contributed by atoms with Crippen LogP contribution < -0.4 is 4.74 Å². The molecule has 3 aromatic carbocycles. The maximum atomic E-state index is 12.5. The van der Waals surface area contributed by atoms with Gasteiger partial charge in [-0.3, -0.25) is 4.79 Å². The highest BCUT2D eigenvalue weighted by Gasteiger charge is 2.18. The normalized spacial score (nSPS) is 12.6. The largest absolute Gasteiger partial charge is 0.467 e. The number of carbonyl (C=O) groups excluding carboxylic acids is 2. The van der Waals surface area contributed by atoms with Crippen LogP contribution in [0.2, 0.25) is 5.02 Å². The third-order valence-corrected chi connectivity index (χ3v) is 4.75. The monoisotopic (exact) mass is 408 g/mol. The molecule has 1 heterocycles. The second-order valence-corrected chi connectivity index (χ2v) is 6.95. The van der Waals surface area contributed by atoms with Crippen molar-refractivity contribution in [3.05, 3.63) is 99.6 Å². The summed E-state index contributed by atoms with van der Waals surface area (Å²) in [6.45, 7) is 0.562. The minimum Gasteiger partial charge on any atom is -0.467 e. The number of rotatable bonds is 5. The van der Waals surface area contributed by atoms with Gasteiger partial charge in [0.1, 0.15) is 12.4 Å². The van der Waals surface area contributed by atoms with E-state index in [2.05, 4.69) is 0 Å². The topological polar surface area (TPSA) is 61.8 Å². The Morgan fingerprint density at radius 2 is 1.62 bits per heavy atom. The number of fused-ring (bicyclic) bond motifs is 1. The molecule has 3 aromatic rings. The molecular weight excluding hydrogens is 392 g/mol. The fourth-order valence-corrected chi connectivity index (χ4v) is 3.37. The zero-order chi connectivity index (χ0) is 20.2. The molecule has 0 amide bonds. The van der Waals surface area contributed by atoms with Gasteiger partial charge in [-0.1, -0.05) is 54.1 Å². The van der Waals surface area contributed by atoms with Gasteiger partial charge in [0.05, 0.1) is 12.2 Å². The summed E-state index contributed by atoms with van der Waals surface area (Å²) in [6.07, 6.45) is 0. The minimum atomic E-state index is -0.496. The Kier molecular flexibility index (Phi) is 5.60. The summed E-state index contributed by atoms with van der Waals surface area (Å²) in [5.74, 6) is 0.0391. The highest BCUT2D eigenvalue weighted by Crippen LogP contribution is 2.32. The van der Waals surface area contributed by atoms with E-state index in [0.717, 1.165) is 5.56 Å². The third-order valence-electron chi connectivity index (χ3n) is 4.53. The van der Waals surface area contributed by atoms with Crippen LogP contribution in [0.25, 0.3) is 0 Å². The lowest BCUT2D eigenvalue weighted by Crippen LogP contribution is -2.14. The molecule has 0 saturated heterocycles. The van der Waals surface area contributed by atoms with Crippen LogP contribution in [0.15, 0.2) is 66.7 Å². The number of hydrogen-bond acceptors (Lipinski definition) is 5. The van der Waals surface area contributed by atoms with E-state index in [1.165, 1.54) is 0 Å². The maximum absolute atomic E-state index is 12.5. The summed E-state index contributed by atoms with van der Waals surface area (Å²) in [4.78, 5) is 24.9. The van der Waals surface area contributed by atoms with Crippen molar-refractivity contribution < 1.29 is 23.8 Å². The quantitative estimate of drug-likeness (QED) is 0.448. The van der Waals surface area contributed by atoms with Crippen LogP contribution >= 0.6 is 11.6 Å². The fraction of sp³-hybridized carbons (Fsp3) is 0.130. The zero-order valence-corrected chi connectivity index (χ0v) is 16.1. The molecule has 0 radical (unpaired) electrons. The van der Waals surface area contributed by atoms with Crippen LogP contribution in [0.3, 0.4) is 0 Å². The van der Waals surface area contributed by atoms with E-state index in [9.17, 15) is 9.59 Å². The Labute approximate surface area is 172 Å². The minimum absolute atomic E-state index is 0.0203. The Bertz CT molecular complexity index is 1040. The standard InChI is InChI=1S/C23H17ClO5/c24-20-10-18-12-27-14-29-22(18)19(11-20)13-28-23(26)17-8-6-16(7-9-17)21(25)15-4-2-1-3-5-15/h1-11H,12-14H2. The van der Waals surface area contributed by atoms with Crippen molar-refractivity contribution in [2.24, 2.45) is 0 Å². The summed E-state index contributed by atoms with van der Waals surface area (Å²) in [5.41, 5.74) is 2.95. The Hall–Kier alpha value is -3.15. The summed E-state index contributed by atoms with van der Waals surface area (Å²) >= 11 is 6.13. The van der Waals surface area contributed by atoms with Crippen LogP contribution in [-0.2, 0) is 22.7 Å². The smallest absolute Gasteiger partial charge is 0.338 e. The summed E-state index contributed by atoms with van der Waals surface area (Å²) in [7, 11) is 0. The molecule has 0 aliphatic carbocycles. The second-order valence-electron chi connectivity index (χ2n) is 6.51. The number of ketones is 1. The zero-order valence-electron chi connectivity index (χ0n) is 15.4. The van der Waals surface area contributed by atoms with Crippen molar-refractivity contribution in [1.29, 1.82) is 0 Å². The molecule has 1 aliphatic rings. The van der Waals surface area contributed by atoms with E-state index in [1.54, 1.807) is 48.5 Å². The van der Waals surface area contributed by atoms with Gasteiger partial charge < -0.3 is 14.2 Å². The van der Waals surface area contributed by atoms with E-state index >= 15 is 0 Å². The number of hydrogen-bond donors (Lipinski definition) is 0. The molecular formula is C23H17ClO5. The molecule has 1 aliphatic heterocycles. The van der Waals surface area contributed by atoms with Gasteiger partial charge in [-0.05, 0) is 24.3 Å². The van der Waals surface area contributed by atoms with E-state index in [1.807, 2.05) is 18.2 Å². The second kappa shape index (κ2) is 8.47. The first kappa shape index (κ1) is 19.2. The van der Waals surface area contributed by atoms with Crippen molar-refractivity contribution in [2.45, 2.75) is 13.2 Å². The highest BCUT2D eigenvalue weighted by atomic mass is 35.5. The van der Waals surface area contributed by atoms with Gasteiger partial charge in [-0.25, -0.2) is 4.79 Å². The van der Waals surface area contributed by atoms with Crippen LogP contribution in [0, 0.1) is 0 Å². The average Bonchev–Trinajstić information content (AvgIpc) is 2.77. The van der Waals surface area contributed by atoms with Crippen LogP contribution in [0.4, 0.5) is 0 Å². The molecule has 0 unspecified atom stereocenters. The Balaban J connectivity index is 1.45. The van der Waals surface area contributed by atoms with E-state index < -0.39 is 5.97 Å². The van der Waals surface area contributed by atoms with Crippen molar-refractivity contribution in [3.63, 3.8) is 0 Å². The summed E-state index contributed by atoms with van der Waals surface area (Å²) in [6, 6.07) is 18.8. The van der Waals surface area contributed by atoms with Crippen molar-refractivity contribution in [3.8, 4) is 5.75 Å². The fourth-order valence-electron chi connectivity index (χ4n) is 3.10. The van der Waals surface area contributed by atoms with Gasteiger partial charge in [0, 0.05) is 27.3 Å². The number of ether oxygens (including phenoxy) is 3. The molecule has 0 bridgehead atoms. The van der Waals surface area contributed by atoms with Gasteiger partial charge >= 0.3 is 5.97 Å². The molecule has 146 valence electrons. The van der Waals surface area contributed by atoms with Crippen LogP contribution in [-0.4, -0.2) is 18.5 Å². The van der Waals surface area contributed by atoms with Gasteiger partial charge in [-0.2, -0.15) is 0 Å². The van der Waals surface area contributed by atoms with Gasteiger partial charge in [0.25, 0.3) is 0 Å². The number of halogens is 1. The third kappa shape index (κ3) is 4.31. The van der Waals surface area contributed by atoms with Crippen molar-refractivity contribution in [2.75, 3.05) is 6.79 Å².